The van der Waals surface area contributed by atoms with Gasteiger partial charge in [0.05, 0.1) is 5.57 Å². The van der Waals surface area contributed by atoms with Crippen LogP contribution in [0.2, 0.25) is 0 Å². The average Bonchev–Trinajstić information content (AvgIpc) is 3.16. The van der Waals surface area contributed by atoms with E-state index in [-0.39, 0.29) is 5.78 Å². The monoisotopic (exact) mass is 351 g/mol. The van der Waals surface area contributed by atoms with E-state index in [1.54, 1.807) is 18.2 Å². The Morgan fingerprint density at radius 1 is 0.815 bits per heavy atom. The van der Waals surface area contributed by atoms with Gasteiger partial charge in [-0.1, -0.05) is 84.9 Å². The van der Waals surface area contributed by atoms with E-state index in [4.69, 9.17) is 4.42 Å². The summed E-state index contributed by atoms with van der Waals surface area (Å²) in [5.41, 5.74) is 3.46. The van der Waals surface area contributed by atoms with E-state index in [1.165, 1.54) is 0 Å². The third kappa shape index (κ3) is 3.77. The number of allylic oxidation sites excluding steroid dienone is 3. The molecule has 0 fully saturated rings. The Hall–Kier alpha value is -3.72. The van der Waals surface area contributed by atoms with Crippen LogP contribution in [0.1, 0.15) is 21.8 Å². The lowest BCUT2D eigenvalue weighted by molar-refractivity contribution is 0.105. The first-order valence-electron chi connectivity index (χ1n) is 8.70. The molecular weight excluding hydrogens is 334 g/mol. The molecule has 4 aromatic rings. The summed E-state index contributed by atoms with van der Waals surface area (Å²) in [4.78, 5) is 17.6. The zero-order valence-corrected chi connectivity index (χ0v) is 14.6. The lowest BCUT2D eigenvalue weighted by Gasteiger charge is -2.02. The molecule has 0 bridgehead atoms. The topological polar surface area (TPSA) is 43.1 Å². The third-order valence-corrected chi connectivity index (χ3v) is 4.16. The van der Waals surface area contributed by atoms with Crippen LogP contribution in [0.15, 0.2) is 101 Å². The van der Waals surface area contributed by atoms with Gasteiger partial charge < -0.3 is 4.42 Å². The Bertz CT molecular complexity index is 1090. The van der Waals surface area contributed by atoms with Crippen molar-refractivity contribution >= 4 is 28.5 Å². The van der Waals surface area contributed by atoms with E-state index in [0.29, 0.717) is 22.6 Å². The van der Waals surface area contributed by atoms with Gasteiger partial charge in [0.1, 0.15) is 5.52 Å². The number of para-hydroxylation sites is 2. The second-order valence-corrected chi connectivity index (χ2v) is 6.03. The molecule has 3 nitrogen and oxygen atoms in total. The highest BCUT2D eigenvalue weighted by molar-refractivity contribution is 6.28. The molecule has 0 radical (unpaired) electrons. The highest BCUT2D eigenvalue weighted by atomic mass is 16.3. The summed E-state index contributed by atoms with van der Waals surface area (Å²) in [5, 5.41) is 0. The number of rotatable bonds is 5. The van der Waals surface area contributed by atoms with Gasteiger partial charge in [0.25, 0.3) is 0 Å². The first-order valence-corrected chi connectivity index (χ1v) is 8.70. The standard InChI is InChI=1S/C24H17NO2/c26-23(19-13-5-2-6-14-19)20(15-9-12-18-10-3-1-4-11-18)24-25-21-16-7-8-17-22(21)27-24/h1-17H/b12-9+,20-15-. The molecule has 0 amide bonds. The summed E-state index contributed by atoms with van der Waals surface area (Å²) in [7, 11) is 0. The Morgan fingerprint density at radius 3 is 2.22 bits per heavy atom. The van der Waals surface area contributed by atoms with Crippen molar-refractivity contribution in [2.75, 3.05) is 0 Å². The van der Waals surface area contributed by atoms with Crippen LogP contribution in [0.25, 0.3) is 22.7 Å². The summed E-state index contributed by atoms with van der Waals surface area (Å²) < 4.78 is 5.84. The molecular formula is C24H17NO2. The van der Waals surface area contributed by atoms with Crippen LogP contribution in [0.4, 0.5) is 0 Å². The predicted molar refractivity (Wildman–Crippen MR) is 108 cm³/mol. The molecule has 4 rings (SSSR count). The van der Waals surface area contributed by atoms with Gasteiger partial charge in [0.2, 0.25) is 5.89 Å². The normalized spacial score (nSPS) is 11.9. The maximum absolute atomic E-state index is 13.1. The minimum absolute atomic E-state index is 0.125. The fourth-order valence-electron chi connectivity index (χ4n) is 2.80. The molecule has 0 aliphatic carbocycles. The summed E-state index contributed by atoms with van der Waals surface area (Å²) >= 11 is 0. The van der Waals surface area contributed by atoms with Crippen LogP contribution in [0, 0.1) is 0 Å². The van der Waals surface area contributed by atoms with Crippen molar-refractivity contribution in [2.45, 2.75) is 0 Å². The Balaban J connectivity index is 1.76. The number of oxazole rings is 1. The Labute approximate surface area is 157 Å². The van der Waals surface area contributed by atoms with E-state index in [1.807, 2.05) is 84.9 Å². The summed E-state index contributed by atoms with van der Waals surface area (Å²) in [6.07, 6.45) is 5.55. The second kappa shape index (κ2) is 7.67. The van der Waals surface area contributed by atoms with E-state index in [2.05, 4.69) is 4.98 Å². The molecule has 0 spiro atoms. The molecule has 1 aromatic heterocycles. The number of hydrogen-bond donors (Lipinski definition) is 0. The smallest absolute Gasteiger partial charge is 0.231 e. The quantitative estimate of drug-likeness (QED) is 0.259. The fourth-order valence-corrected chi connectivity index (χ4v) is 2.80. The highest BCUT2D eigenvalue weighted by Gasteiger charge is 2.19. The van der Waals surface area contributed by atoms with Crippen molar-refractivity contribution < 1.29 is 9.21 Å². The largest absolute Gasteiger partial charge is 0.436 e. The summed E-state index contributed by atoms with van der Waals surface area (Å²) in [5.74, 6) is 0.197. The summed E-state index contributed by atoms with van der Waals surface area (Å²) in [6, 6.07) is 26.6. The minimum Gasteiger partial charge on any atom is -0.436 e. The van der Waals surface area contributed by atoms with E-state index in [9.17, 15) is 4.79 Å². The van der Waals surface area contributed by atoms with Crippen LogP contribution in [-0.4, -0.2) is 10.8 Å². The van der Waals surface area contributed by atoms with Gasteiger partial charge in [-0.3, -0.25) is 4.79 Å². The van der Waals surface area contributed by atoms with Crippen molar-refractivity contribution in [2.24, 2.45) is 0 Å². The SMILES string of the molecule is O=C(/C(=C/C=C/c1ccccc1)c1nc2ccccc2o1)c1ccccc1. The number of Topliss-reactive ketones (excluding diaryl/α,β-unsaturated/α-hetero) is 1. The molecule has 130 valence electrons. The van der Waals surface area contributed by atoms with Crippen LogP contribution in [-0.2, 0) is 0 Å². The van der Waals surface area contributed by atoms with Crippen molar-refractivity contribution in [3.8, 4) is 0 Å². The lowest BCUT2D eigenvalue weighted by atomic mass is 10.0. The van der Waals surface area contributed by atoms with E-state index < -0.39 is 0 Å². The number of hydrogen-bond acceptors (Lipinski definition) is 3. The van der Waals surface area contributed by atoms with Crippen molar-refractivity contribution in [3.63, 3.8) is 0 Å². The summed E-state index contributed by atoms with van der Waals surface area (Å²) in [6.45, 7) is 0. The molecule has 0 atom stereocenters. The highest BCUT2D eigenvalue weighted by Crippen LogP contribution is 2.24. The lowest BCUT2D eigenvalue weighted by Crippen LogP contribution is -2.02. The minimum atomic E-state index is -0.125. The molecule has 27 heavy (non-hydrogen) atoms. The van der Waals surface area contributed by atoms with Gasteiger partial charge in [-0.15, -0.1) is 0 Å². The Morgan fingerprint density at radius 2 is 1.48 bits per heavy atom. The van der Waals surface area contributed by atoms with Gasteiger partial charge in [-0.25, -0.2) is 4.98 Å². The number of benzene rings is 3. The van der Waals surface area contributed by atoms with Crippen LogP contribution in [0.3, 0.4) is 0 Å². The zero-order chi connectivity index (χ0) is 18.5. The van der Waals surface area contributed by atoms with E-state index >= 15 is 0 Å². The average molecular weight is 351 g/mol. The number of ketones is 1. The van der Waals surface area contributed by atoms with Gasteiger partial charge in [-0.2, -0.15) is 0 Å². The number of nitrogens with zero attached hydrogens (tertiary/aromatic N) is 1. The maximum atomic E-state index is 13.1. The molecule has 0 unspecified atom stereocenters. The van der Waals surface area contributed by atoms with Gasteiger partial charge >= 0.3 is 0 Å². The first-order chi connectivity index (χ1) is 13.3. The molecule has 1 heterocycles. The zero-order valence-electron chi connectivity index (χ0n) is 14.6. The molecule has 3 heteroatoms. The molecule has 0 N–H and O–H groups in total. The van der Waals surface area contributed by atoms with Crippen molar-refractivity contribution in [1.82, 2.24) is 4.98 Å². The van der Waals surface area contributed by atoms with Gasteiger partial charge in [-0.05, 0) is 23.8 Å². The van der Waals surface area contributed by atoms with E-state index in [0.717, 1.165) is 11.1 Å². The third-order valence-electron chi connectivity index (χ3n) is 4.16. The molecule has 0 aliphatic rings. The number of carbonyl (C=O) groups excluding carboxylic acids is 1. The van der Waals surface area contributed by atoms with Crippen molar-refractivity contribution in [1.29, 1.82) is 0 Å². The molecule has 0 saturated heterocycles. The van der Waals surface area contributed by atoms with Crippen LogP contribution in [0.5, 0.6) is 0 Å². The van der Waals surface area contributed by atoms with Gasteiger partial charge in [0, 0.05) is 5.56 Å². The molecule has 0 saturated carbocycles. The first kappa shape index (κ1) is 16.7. The molecule has 0 aliphatic heterocycles. The Kier molecular flexibility index (Phi) is 4.75. The molecule has 3 aromatic carbocycles. The maximum Gasteiger partial charge on any atom is 0.231 e. The number of aromatic nitrogens is 1. The second-order valence-electron chi connectivity index (χ2n) is 6.03. The van der Waals surface area contributed by atoms with Crippen LogP contribution < -0.4 is 0 Å². The van der Waals surface area contributed by atoms with Crippen molar-refractivity contribution in [3.05, 3.63) is 114 Å². The van der Waals surface area contributed by atoms with Gasteiger partial charge in [0.15, 0.2) is 11.4 Å². The number of carbonyl (C=O) groups is 1. The predicted octanol–water partition coefficient (Wildman–Crippen LogP) is 5.81. The fraction of sp³-hybridized carbons (Fsp3) is 0. The van der Waals surface area contributed by atoms with Crippen LogP contribution >= 0.6 is 0 Å². The number of fused-ring (bicyclic) bond motifs is 1.